The van der Waals surface area contributed by atoms with Crippen molar-refractivity contribution >= 4 is 0 Å². The first kappa shape index (κ1) is 25.7. The van der Waals surface area contributed by atoms with E-state index in [9.17, 15) is 0 Å². The molecule has 0 aliphatic carbocycles. The molecule has 0 unspecified atom stereocenters. The van der Waals surface area contributed by atoms with Crippen molar-refractivity contribution in [3.63, 3.8) is 0 Å². The minimum Gasteiger partial charge on any atom is -0.396 e. The molecule has 132 valence electrons. The Morgan fingerprint density at radius 2 is 0.476 bits per heavy atom. The Balaban J connectivity index is -0.000000231. The van der Waals surface area contributed by atoms with Crippen LogP contribution in [-0.2, 0) is 0 Å². The predicted molar refractivity (Wildman–Crippen MR) is 83.9 cm³/mol. The average molecular weight is 312 g/mol. The largest absolute Gasteiger partial charge is 0.396 e. The van der Waals surface area contributed by atoms with Crippen molar-refractivity contribution in [3.8, 4) is 0 Å². The summed E-state index contributed by atoms with van der Waals surface area (Å²) in [7, 11) is 0. The number of hydrogen-bond donors (Lipinski definition) is 6. The Morgan fingerprint density at radius 1 is 0.381 bits per heavy atom. The summed E-state index contributed by atoms with van der Waals surface area (Å²) in [5, 5.41) is 50.6. The van der Waals surface area contributed by atoms with E-state index in [2.05, 4.69) is 0 Å². The number of aliphatic hydroxyl groups excluding tert-OH is 6. The molecule has 0 aromatic heterocycles. The van der Waals surface area contributed by atoms with Gasteiger partial charge in [-0.2, -0.15) is 0 Å². The van der Waals surface area contributed by atoms with Crippen molar-refractivity contribution < 1.29 is 30.6 Å². The van der Waals surface area contributed by atoms with Crippen LogP contribution in [0, 0.1) is 16.2 Å². The molecule has 0 aromatic rings. The third-order valence-electron chi connectivity index (χ3n) is 2.57. The van der Waals surface area contributed by atoms with Crippen LogP contribution in [0.15, 0.2) is 0 Å². The molecule has 6 N–H and O–H groups in total. The number of hydrogen-bond acceptors (Lipinski definition) is 6. The summed E-state index contributed by atoms with van der Waals surface area (Å²) < 4.78 is 0. The molecule has 0 radical (unpaired) electrons. The van der Waals surface area contributed by atoms with E-state index in [4.69, 9.17) is 30.6 Å². The van der Waals surface area contributed by atoms with Gasteiger partial charge in [-0.25, -0.2) is 0 Å². The summed E-state index contributed by atoms with van der Waals surface area (Å²) in [6, 6.07) is 0. The highest BCUT2D eigenvalue weighted by Gasteiger charge is 2.14. The normalized spacial score (nSPS) is 12.0. The maximum atomic E-state index is 8.43. The molecular weight excluding hydrogens is 276 g/mol. The summed E-state index contributed by atoms with van der Waals surface area (Å²) in [5.41, 5.74) is -0.917. The fourth-order valence-electron chi connectivity index (χ4n) is 0.150. The molecular formula is C15H36O6. The van der Waals surface area contributed by atoms with Crippen LogP contribution in [0.25, 0.3) is 0 Å². The van der Waals surface area contributed by atoms with Gasteiger partial charge in [0.1, 0.15) is 0 Å². The summed E-state index contributed by atoms with van der Waals surface area (Å²) in [6.45, 7) is 11.1. The van der Waals surface area contributed by atoms with Crippen molar-refractivity contribution in [1.29, 1.82) is 0 Å². The molecule has 21 heavy (non-hydrogen) atoms. The van der Waals surface area contributed by atoms with Crippen LogP contribution in [0.4, 0.5) is 0 Å². The maximum absolute atomic E-state index is 8.43. The van der Waals surface area contributed by atoms with Crippen LogP contribution in [-0.4, -0.2) is 70.3 Å². The van der Waals surface area contributed by atoms with Gasteiger partial charge in [-0.15, -0.1) is 0 Å². The van der Waals surface area contributed by atoms with Crippen LogP contribution < -0.4 is 0 Å². The molecule has 6 heteroatoms. The molecule has 0 atom stereocenters. The molecule has 0 heterocycles. The average Bonchev–Trinajstić information content (AvgIpc) is 2.48. The van der Waals surface area contributed by atoms with Gasteiger partial charge < -0.3 is 30.6 Å². The highest BCUT2D eigenvalue weighted by molar-refractivity contribution is 4.64. The topological polar surface area (TPSA) is 121 Å². The van der Waals surface area contributed by atoms with Crippen LogP contribution >= 0.6 is 0 Å². The molecule has 0 aliphatic rings. The van der Waals surface area contributed by atoms with Crippen LogP contribution in [0.2, 0.25) is 0 Å². The molecule has 0 amide bonds. The fraction of sp³-hybridized carbons (Fsp3) is 1.00. The second-order valence-electron chi connectivity index (χ2n) is 7.44. The van der Waals surface area contributed by atoms with Gasteiger partial charge in [-0.05, 0) is 0 Å². The first-order chi connectivity index (χ1) is 9.36. The van der Waals surface area contributed by atoms with Crippen molar-refractivity contribution in [3.05, 3.63) is 0 Å². The molecule has 0 spiro atoms. The molecule has 6 nitrogen and oxygen atoms in total. The van der Waals surface area contributed by atoms with E-state index in [1.807, 2.05) is 0 Å². The van der Waals surface area contributed by atoms with Gasteiger partial charge in [-0.3, -0.25) is 0 Å². The Morgan fingerprint density at radius 3 is 0.476 bits per heavy atom. The van der Waals surface area contributed by atoms with E-state index >= 15 is 0 Å². The second kappa shape index (κ2) is 12.3. The van der Waals surface area contributed by atoms with E-state index in [0.717, 1.165) is 0 Å². The highest BCUT2D eigenvalue weighted by Crippen LogP contribution is 2.11. The molecule has 0 fully saturated rings. The minimum absolute atomic E-state index is 0.0451. The standard InChI is InChI=1S/3C5H12O2/c3*1-5(2,3-6)4-7/h3*6-7H,3-4H2,1-2H3. The van der Waals surface area contributed by atoms with Crippen molar-refractivity contribution in [2.24, 2.45) is 16.2 Å². The van der Waals surface area contributed by atoms with Gasteiger partial charge in [0, 0.05) is 16.2 Å². The number of rotatable bonds is 6. The van der Waals surface area contributed by atoms with Gasteiger partial charge in [0.05, 0.1) is 39.6 Å². The zero-order valence-electron chi connectivity index (χ0n) is 14.4. The quantitative estimate of drug-likeness (QED) is 0.410. The van der Waals surface area contributed by atoms with Crippen LogP contribution in [0.1, 0.15) is 41.5 Å². The molecule has 0 aliphatic heterocycles. The SMILES string of the molecule is CC(C)(CO)CO.CC(C)(CO)CO.CC(C)(CO)CO. The first-order valence-electron chi connectivity index (χ1n) is 7.02. The third-order valence-corrected chi connectivity index (χ3v) is 2.57. The second-order valence-corrected chi connectivity index (χ2v) is 7.44. The molecule has 0 aromatic carbocycles. The van der Waals surface area contributed by atoms with Crippen LogP contribution in [0.3, 0.4) is 0 Å². The van der Waals surface area contributed by atoms with E-state index in [-0.39, 0.29) is 55.9 Å². The number of aliphatic hydroxyl groups is 6. The Kier molecular flexibility index (Phi) is 15.1. The Hall–Kier alpha value is -0.240. The zero-order chi connectivity index (χ0) is 17.7. The first-order valence-corrected chi connectivity index (χ1v) is 7.02. The van der Waals surface area contributed by atoms with Gasteiger partial charge in [0.25, 0.3) is 0 Å². The Labute approximate surface area is 129 Å². The van der Waals surface area contributed by atoms with E-state index in [1.165, 1.54) is 0 Å². The van der Waals surface area contributed by atoms with E-state index in [0.29, 0.717) is 0 Å². The van der Waals surface area contributed by atoms with Gasteiger partial charge in [0.2, 0.25) is 0 Å². The van der Waals surface area contributed by atoms with Gasteiger partial charge in [-0.1, -0.05) is 41.5 Å². The third kappa shape index (κ3) is 19.8. The van der Waals surface area contributed by atoms with Gasteiger partial charge in [0.15, 0.2) is 0 Å². The van der Waals surface area contributed by atoms with E-state index < -0.39 is 0 Å². The van der Waals surface area contributed by atoms with Crippen molar-refractivity contribution in [2.45, 2.75) is 41.5 Å². The lowest BCUT2D eigenvalue weighted by Gasteiger charge is -2.16. The Bertz CT molecular complexity index is 170. The van der Waals surface area contributed by atoms with Crippen LogP contribution in [0.5, 0.6) is 0 Å². The maximum Gasteiger partial charge on any atom is 0.0504 e. The summed E-state index contributed by atoms with van der Waals surface area (Å²) in [4.78, 5) is 0. The molecule has 0 saturated carbocycles. The lowest BCUT2D eigenvalue weighted by Crippen LogP contribution is -2.20. The monoisotopic (exact) mass is 312 g/mol. The zero-order valence-corrected chi connectivity index (χ0v) is 14.4. The van der Waals surface area contributed by atoms with E-state index in [1.54, 1.807) is 41.5 Å². The lowest BCUT2D eigenvalue weighted by molar-refractivity contribution is 0.0855. The summed E-state index contributed by atoms with van der Waals surface area (Å²) in [5.74, 6) is 0. The summed E-state index contributed by atoms with van der Waals surface area (Å²) >= 11 is 0. The predicted octanol–water partition coefficient (Wildman–Crippen LogP) is -0.00840. The van der Waals surface area contributed by atoms with Crippen molar-refractivity contribution in [1.82, 2.24) is 0 Å². The highest BCUT2D eigenvalue weighted by atomic mass is 16.3. The summed E-state index contributed by atoms with van der Waals surface area (Å²) in [6.07, 6.45) is 0. The van der Waals surface area contributed by atoms with Gasteiger partial charge >= 0.3 is 0 Å². The molecule has 0 rings (SSSR count). The minimum atomic E-state index is -0.306. The van der Waals surface area contributed by atoms with Crippen molar-refractivity contribution in [2.75, 3.05) is 39.6 Å². The molecule has 0 bridgehead atoms. The smallest absolute Gasteiger partial charge is 0.0504 e. The fourth-order valence-corrected chi connectivity index (χ4v) is 0.150. The molecule has 0 saturated heterocycles. The lowest BCUT2D eigenvalue weighted by atomic mass is 9.97.